The Labute approximate surface area is 108 Å². The molecule has 0 spiro atoms. The van der Waals surface area contributed by atoms with Crippen LogP contribution in [0.5, 0.6) is 0 Å². The van der Waals surface area contributed by atoms with E-state index in [1.54, 1.807) is 16.4 Å². The number of hydrogen-bond acceptors (Lipinski definition) is 2. The van der Waals surface area contributed by atoms with E-state index < -0.39 is 10.0 Å². The SMILES string of the molecule is Cc1ccc(S(=O)(=O)N2C3C=CCCCC32)cc1. The molecule has 2 aliphatic rings. The van der Waals surface area contributed by atoms with E-state index in [0.717, 1.165) is 24.8 Å². The minimum Gasteiger partial charge on any atom is -0.207 e. The normalized spacial score (nSPS) is 30.6. The van der Waals surface area contributed by atoms with Gasteiger partial charge in [0.2, 0.25) is 10.0 Å². The number of aryl methyl sites for hydroxylation is 1. The van der Waals surface area contributed by atoms with Crippen molar-refractivity contribution in [1.29, 1.82) is 0 Å². The molecule has 3 atom stereocenters. The monoisotopic (exact) mass is 263 g/mol. The van der Waals surface area contributed by atoms with Crippen LogP contribution in [-0.2, 0) is 10.0 Å². The molecule has 1 aromatic rings. The van der Waals surface area contributed by atoms with E-state index in [2.05, 4.69) is 6.08 Å². The molecule has 0 amide bonds. The number of rotatable bonds is 2. The molecular weight excluding hydrogens is 246 g/mol. The zero-order valence-corrected chi connectivity index (χ0v) is 11.2. The Morgan fingerprint density at radius 1 is 1.22 bits per heavy atom. The second-order valence-electron chi connectivity index (χ2n) is 5.07. The summed E-state index contributed by atoms with van der Waals surface area (Å²) in [6.45, 7) is 1.96. The number of fused-ring (bicyclic) bond motifs is 1. The van der Waals surface area contributed by atoms with Crippen LogP contribution in [-0.4, -0.2) is 24.8 Å². The van der Waals surface area contributed by atoms with Crippen LogP contribution in [0.1, 0.15) is 24.8 Å². The molecule has 1 aromatic carbocycles. The van der Waals surface area contributed by atoms with E-state index in [9.17, 15) is 8.42 Å². The van der Waals surface area contributed by atoms with Crippen LogP contribution in [0.25, 0.3) is 0 Å². The summed E-state index contributed by atoms with van der Waals surface area (Å²) in [4.78, 5) is 0.412. The van der Waals surface area contributed by atoms with Crippen LogP contribution in [0.4, 0.5) is 0 Å². The van der Waals surface area contributed by atoms with Crippen molar-refractivity contribution in [2.45, 2.75) is 43.2 Å². The van der Waals surface area contributed by atoms with Gasteiger partial charge in [-0.3, -0.25) is 0 Å². The van der Waals surface area contributed by atoms with E-state index in [1.165, 1.54) is 0 Å². The number of hydrogen-bond donors (Lipinski definition) is 0. The van der Waals surface area contributed by atoms with Gasteiger partial charge in [0.25, 0.3) is 0 Å². The summed E-state index contributed by atoms with van der Waals surface area (Å²) in [6.07, 6.45) is 7.28. The molecule has 3 unspecified atom stereocenters. The molecule has 96 valence electrons. The minimum atomic E-state index is -3.30. The Hall–Kier alpha value is -1.13. The van der Waals surface area contributed by atoms with Crippen molar-refractivity contribution in [2.24, 2.45) is 0 Å². The Morgan fingerprint density at radius 3 is 2.67 bits per heavy atom. The number of nitrogens with zero attached hydrogens (tertiary/aromatic N) is 1. The highest BCUT2D eigenvalue weighted by Gasteiger charge is 2.53. The molecule has 18 heavy (non-hydrogen) atoms. The quantitative estimate of drug-likeness (QED) is 0.607. The van der Waals surface area contributed by atoms with Gasteiger partial charge < -0.3 is 0 Å². The first kappa shape index (κ1) is 11.9. The zero-order valence-electron chi connectivity index (χ0n) is 10.4. The van der Waals surface area contributed by atoms with Crippen LogP contribution >= 0.6 is 0 Å². The molecule has 0 N–H and O–H groups in total. The molecule has 0 saturated carbocycles. The summed E-state index contributed by atoms with van der Waals surface area (Å²) in [5.41, 5.74) is 1.08. The average molecular weight is 263 g/mol. The van der Waals surface area contributed by atoms with Crippen LogP contribution in [0.3, 0.4) is 0 Å². The highest BCUT2D eigenvalue weighted by molar-refractivity contribution is 7.89. The molecule has 3 rings (SSSR count). The molecule has 1 aliphatic carbocycles. The van der Waals surface area contributed by atoms with Gasteiger partial charge in [-0.05, 0) is 38.3 Å². The zero-order chi connectivity index (χ0) is 12.8. The summed E-state index contributed by atoms with van der Waals surface area (Å²) < 4.78 is 26.6. The molecule has 1 heterocycles. The van der Waals surface area contributed by atoms with E-state index in [-0.39, 0.29) is 12.1 Å². The van der Waals surface area contributed by atoms with Crippen molar-refractivity contribution in [3.63, 3.8) is 0 Å². The van der Waals surface area contributed by atoms with Gasteiger partial charge in [0.1, 0.15) is 0 Å². The second kappa shape index (κ2) is 4.21. The molecule has 0 bridgehead atoms. The maximum Gasteiger partial charge on any atom is 0.243 e. The lowest BCUT2D eigenvalue weighted by Gasteiger charge is -2.07. The third-order valence-corrected chi connectivity index (χ3v) is 5.66. The van der Waals surface area contributed by atoms with Crippen molar-refractivity contribution in [1.82, 2.24) is 4.31 Å². The first-order chi connectivity index (χ1) is 8.60. The highest BCUT2D eigenvalue weighted by atomic mass is 32.2. The van der Waals surface area contributed by atoms with Crippen molar-refractivity contribution in [3.8, 4) is 0 Å². The van der Waals surface area contributed by atoms with E-state index >= 15 is 0 Å². The number of benzene rings is 1. The lowest BCUT2D eigenvalue weighted by Crippen LogP contribution is -2.16. The van der Waals surface area contributed by atoms with Crippen molar-refractivity contribution >= 4 is 10.0 Å². The number of sulfonamides is 1. The average Bonchev–Trinajstić information content (AvgIpc) is 3.04. The van der Waals surface area contributed by atoms with Gasteiger partial charge in [-0.1, -0.05) is 29.8 Å². The summed E-state index contributed by atoms with van der Waals surface area (Å²) in [5.74, 6) is 0. The van der Waals surface area contributed by atoms with Gasteiger partial charge >= 0.3 is 0 Å². The second-order valence-corrected chi connectivity index (χ2v) is 6.91. The van der Waals surface area contributed by atoms with Gasteiger partial charge in [0.05, 0.1) is 10.9 Å². The summed E-state index contributed by atoms with van der Waals surface area (Å²) >= 11 is 0. The maximum atomic E-state index is 12.5. The fourth-order valence-electron chi connectivity index (χ4n) is 2.64. The molecule has 1 aliphatic heterocycles. The standard InChI is InChI=1S/C14H17NO2S/c1-11-7-9-12(10-8-11)18(16,17)15-13-5-3-2-4-6-14(13)15/h3,5,7-10,13-14H,2,4,6H2,1H3. The maximum absolute atomic E-state index is 12.5. The first-order valence-electron chi connectivity index (χ1n) is 6.37. The molecule has 1 fully saturated rings. The van der Waals surface area contributed by atoms with Crippen molar-refractivity contribution in [2.75, 3.05) is 0 Å². The van der Waals surface area contributed by atoms with E-state index in [4.69, 9.17) is 0 Å². The van der Waals surface area contributed by atoms with Gasteiger partial charge in [-0.2, -0.15) is 4.31 Å². The highest BCUT2D eigenvalue weighted by Crippen LogP contribution is 2.41. The summed E-state index contributed by atoms with van der Waals surface area (Å²) in [7, 11) is -3.30. The third-order valence-electron chi connectivity index (χ3n) is 3.73. The van der Waals surface area contributed by atoms with Crippen LogP contribution < -0.4 is 0 Å². The Balaban J connectivity index is 1.90. The molecule has 3 nitrogen and oxygen atoms in total. The van der Waals surface area contributed by atoms with E-state index in [0.29, 0.717) is 4.90 Å². The Bertz CT molecular complexity index is 574. The van der Waals surface area contributed by atoms with Gasteiger partial charge in [-0.15, -0.1) is 0 Å². The third kappa shape index (κ3) is 1.89. The summed E-state index contributed by atoms with van der Waals surface area (Å²) in [6, 6.07) is 7.39. The smallest absolute Gasteiger partial charge is 0.207 e. The Kier molecular flexibility index (Phi) is 2.79. The largest absolute Gasteiger partial charge is 0.243 e. The number of allylic oxidation sites excluding steroid dienone is 1. The molecule has 0 radical (unpaired) electrons. The fraction of sp³-hybridized carbons (Fsp3) is 0.429. The molecule has 0 aromatic heterocycles. The van der Waals surface area contributed by atoms with E-state index in [1.807, 2.05) is 25.1 Å². The molecular formula is C14H17NO2S. The van der Waals surface area contributed by atoms with Crippen LogP contribution in [0.2, 0.25) is 0 Å². The predicted octanol–water partition coefficient (Wildman–Crippen LogP) is 2.48. The predicted molar refractivity (Wildman–Crippen MR) is 70.8 cm³/mol. The van der Waals surface area contributed by atoms with Gasteiger partial charge in [-0.25, -0.2) is 8.42 Å². The van der Waals surface area contributed by atoms with Gasteiger partial charge in [0, 0.05) is 6.04 Å². The first-order valence-corrected chi connectivity index (χ1v) is 7.81. The lowest BCUT2D eigenvalue weighted by molar-refractivity contribution is 0.540. The van der Waals surface area contributed by atoms with Crippen LogP contribution in [0.15, 0.2) is 41.3 Å². The molecule has 4 heteroatoms. The van der Waals surface area contributed by atoms with Gasteiger partial charge in [0.15, 0.2) is 0 Å². The minimum absolute atomic E-state index is 0.0961. The fourth-order valence-corrected chi connectivity index (χ4v) is 4.43. The molecule has 1 saturated heterocycles. The van der Waals surface area contributed by atoms with Crippen molar-refractivity contribution in [3.05, 3.63) is 42.0 Å². The summed E-state index contributed by atoms with van der Waals surface area (Å²) in [5, 5.41) is 0. The lowest BCUT2D eigenvalue weighted by atomic mass is 10.2. The van der Waals surface area contributed by atoms with Crippen LogP contribution in [0, 0.1) is 6.92 Å². The van der Waals surface area contributed by atoms with Crippen molar-refractivity contribution < 1.29 is 8.42 Å². The topological polar surface area (TPSA) is 37.1 Å². The Morgan fingerprint density at radius 2 is 1.94 bits per heavy atom.